The Hall–Kier alpha value is -1.55. The van der Waals surface area contributed by atoms with Crippen molar-refractivity contribution in [3.63, 3.8) is 0 Å². The van der Waals surface area contributed by atoms with Crippen molar-refractivity contribution < 1.29 is 9.53 Å². The van der Waals surface area contributed by atoms with Gasteiger partial charge in [0.1, 0.15) is 5.60 Å². The van der Waals surface area contributed by atoms with E-state index in [9.17, 15) is 4.79 Å². The Balaban J connectivity index is 2.45. The van der Waals surface area contributed by atoms with E-state index in [2.05, 4.69) is 5.32 Å². The van der Waals surface area contributed by atoms with Crippen molar-refractivity contribution in [2.24, 2.45) is 5.73 Å². The van der Waals surface area contributed by atoms with E-state index < -0.39 is 11.7 Å². The highest BCUT2D eigenvalue weighted by molar-refractivity contribution is 5.68. The molecule has 0 aromatic heterocycles. The fraction of sp³-hybridized carbons (Fsp3) is 0.533. The Morgan fingerprint density at radius 3 is 2.42 bits per heavy atom. The first kappa shape index (κ1) is 15.5. The summed E-state index contributed by atoms with van der Waals surface area (Å²) in [5.41, 5.74) is 6.76. The summed E-state index contributed by atoms with van der Waals surface area (Å²) in [5, 5.41) is 2.77. The van der Waals surface area contributed by atoms with E-state index in [0.29, 0.717) is 0 Å². The lowest BCUT2D eigenvalue weighted by Gasteiger charge is -2.25. The van der Waals surface area contributed by atoms with Crippen LogP contribution in [0, 0.1) is 0 Å². The minimum Gasteiger partial charge on any atom is -0.444 e. The second kappa shape index (κ2) is 6.57. The van der Waals surface area contributed by atoms with Crippen molar-refractivity contribution in [2.45, 2.75) is 51.8 Å². The normalized spacial score (nSPS) is 14.6. The van der Waals surface area contributed by atoms with E-state index in [4.69, 9.17) is 10.5 Å². The number of alkyl carbamates (subject to hydrolysis) is 1. The van der Waals surface area contributed by atoms with Gasteiger partial charge in [0.25, 0.3) is 0 Å². The van der Waals surface area contributed by atoms with Gasteiger partial charge in [-0.25, -0.2) is 4.79 Å². The summed E-state index contributed by atoms with van der Waals surface area (Å²) >= 11 is 0. The van der Waals surface area contributed by atoms with Crippen LogP contribution in [0.3, 0.4) is 0 Å². The summed E-state index contributed by atoms with van der Waals surface area (Å²) in [6.45, 7) is 7.39. The van der Waals surface area contributed by atoms with E-state index in [-0.39, 0.29) is 12.1 Å². The zero-order valence-electron chi connectivity index (χ0n) is 12.1. The predicted molar refractivity (Wildman–Crippen MR) is 77.0 cm³/mol. The van der Waals surface area contributed by atoms with Gasteiger partial charge in [0.2, 0.25) is 0 Å². The first-order valence-electron chi connectivity index (χ1n) is 6.57. The molecular weight excluding hydrogens is 240 g/mol. The molecule has 0 aliphatic carbocycles. The number of carbonyl (C=O) groups excluding carboxylic acids is 1. The van der Waals surface area contributed by atoms with Gasteiger partial charge in [-0.2, -0.15) is 0 Å². The van der Waals surface area contributed by atoms with Crippen LogP contribution in [0.15, 0.2) is 30.3 Å². The number of hydrogen-bond donors (Lipinski definition) is 2. The molecule has 4 nitrogen and oxygen atoms in total. The van der Waals surface area contributed by atoms with Gasteiger partial charge in [0.05, 0.1) is 0 Å². The van der Waals surface area contributed by atoms with Gasteiger partial charge >= 0.3 is 6.09 Å². The monoisotopic (exact) mass is 264 g/mol. The highest BCUT2D eigenvalue weighted by Crippen LogP contribution is 2.08. The molecule has 1 aromatic rings. The molecule has 0 fully saturated rings. The molecule has 106 valence electrons. The van der Waals surface area contributed by atoms with Crippen LogP contribution in [0.5, 0.6) is 0 Å². The van der Waals surface area contributed by atoms with Crippen LogP contribution >= 0.6 is 0 Å². The van der Waals surface area contributed by atoms with E-state index in [1.54, 1.807) is 0 Å². The minimum absolute atomic E-state index is 0.143. The zero-order valence-corrected chi connectivity index (χ0v) is 12.1. The Labute approximate surface area is 115 Å². The summed E-state index contributed by atoms with van der Waals surface area (Å²) in [4.78, 5) is 11.6. The summed E-state index contributed by atoms with van der Waals surface area (Å²) in [5.74, 6) is 0. The number of ether oxygens (including phenoxy) is 1. The molecular formula is C15H24N2O2. The van der Waals surface area contributed by atoms with Gasteiger partial charge < -0.3 is 15.8 Å². The standard InChI is InChI=1S/C15H24N2O2/c1-11(17-14(18)19-15(2,3)4)13(16)10-12-8-6-5-7-9-12/h5-9,11,13H,10,16H2,1-4H3,(H,17,18)/t11-,13+/m0/s1. The van der Waals surface area contributed by atoms with E-state index in [0.717, 1.165) is 12.0 Å². The Morgan fingerprint density at radius 2 is 1.89 bits per heavy atom. The lowest BCUT2D eigenvalue weighted by Crippen LogP contribution is -2.48. The van der Waals surface area contributed by atoms with Crippen molar-refractivity contribution >= 4 is 6.09 Å². The van der Waals surface area contributed by atoms with E-state index in [1.165, 1.54) is 0 Å². The molecule has 1 aromatic carbocycles. The smallest absolute Gasteiger partial charge is 0.407 e. The third-order valence-corrected chi connectivity index (χ3v) is 2.70. The first-order chi connectivity index (χ1) is 8.78. The fourth-order valence-corrected chi connectivity index (χ4v) is 1.66. The molecule has 0 saturated carbocycles. The fourth-order valence-electron chi connectivity index (χ4n) is 1.66. The molecule has 4 heteroatoms. The third-order valence-electron chi connectivity index (χ3n) is 2.70. The summed E-state index contributed by atoms with van der Waals surface area (Å²) in [7, 11) is 0. The van der Waals surface area contributed by atoms with Gasteiger partial charge in [-0.1, -0.05) is 30.3 Å². The van der Waals surface area contributed by atoms with Gasteiger partial charge in [-0.05, 0) is 39.7 Å². The maximum atomic E-state index is 11.6. The number of hydrogen-bond acceptors (Lipinski definition) is 3. The van der Waals surface area contributed by atoms with E-state index >= 15 is 0 Å². The molecule has 0 bridgehead atoms. The Kier molecular flexibility index (Phi) is 5.36. The molecule has 0 unspecified atom stereocenters. The maximum Gasteiger partial charge on any atom is 0.407 e. The van der Waals surface area contributed by atoms with Gasteiger partial charge in [0.15, 0.2) is 0 Å². The maximum absolute atomic E-state index is 11.6. The Bertz CT molecular complexity index is 398. The second-order valence-corrected chi connectivity index (χ2v) is 5.79. The van der Waals surface area contributed by atoms with Crippen molar-refractivity contribution in [1.82, 2.24) is 5.32 Å². The van der Waals surface area contributed by atoms with Crippen LogP contribution < -0.4 is 11.1 Å². The molecule has 19 heavy (non-hydrogen) atoms. The third kappa shape index (κ3) is 6.25. The molecule has 0 spiro atoms. The number of carbonyl (C=O) groups is 1. The number of benzene rings is 1. The first-order valence-corrected chi connectivity index (χ1v) is 6.57. The number of nitrogens with two attached hydrogens (primary N) is 1. The molecule has 0 radical (unpaired) electrons. The second-order valence-electron chi connectivity index (χ2n) is 5.79. The molecule has 0 aliphatic heterocycles. The molecule has 2 atom stereocenters. The molecule has 1 amide bonds. The number of rotatable bonds is 4. The largest absolute Gasteiger partial charge is 0.444 e. The Morgan fingerprint density at radius 1 is 1.32 bits per heavy atom. The van der Waals surface area contributed by atoms with Crippen molar-refractivity contribution in [2.75, 3.05) is 0 Å². The molecule has 0 aliphatic rings. The average molecular weight is 264 g/mol. The van der Waals surface area contributed by atoms with Crippen LogP contribution in [0.25, 0.3) is 0 Å². The zero-order chi connectivity index (χ0) is 14.5. The van der Waals surface area contributed by atoms with Crippen LogP contribution in [-0.2, 0) is 11.2 Å². The van der Waals surface area contributed by atoms with Crippen LogP contribution in [0.1, 0.15) is 33.3 Å². The average Bonchev–Trinajstić information content (AvgIpc) is 2.27. The summed E-state index contributed by atoms with van der Waals surface area (Å²) < 4.78 is 5.20. The molecule has 1 rings (SSSR count). The molecule has 0 heterocycles. The van der Waals surface area contributed by atoms with Crippen LogP contribution in [0.4, 0.5) is 4.79 Å². The van der Waals surface area contributed by atoms with Crippen LogP contribution in [0.2, 0.25) is 0 Å². The quantitative estimate of drug-likeness (QED) is 0.878. The van der Waals surface area contributed by atoms with E-state index in [1.807, 2.05) is 58.0 Å². The summed E-state index contributed by atoms with van der Waals surface area (Å²) in [6.07, 6.45) is 0.293. The molecule has 3 N–H and O–H groups in total. The van der Waals surface area contributed by atoms with Gasteiger partial charge in [-0.3, -0.25) is 0 Å². The lowest BCUT2D eigenvalue weighted by molar-refractivity contribution is 0.0501. The summed E-state index contributed by atoms with van der Waals surface area (Å²) in [6, 6.07) is 9.70. The topological polar surface area (TPSA) is 64.3 Å². The SMILES string of the molecule is C[C@H](NC(=O)OC(C)(C)C)[C@H](N)Cc1ccccc1. The van der Waals surface area contributed by atoms with Gasteiger partial charge in [0, 0.05) is 12.1 Å². The highest BCUT2D eigenvalue weighted by atomic mass is 16.6. The van der Waals surface area contributed by atoms with Gasteiger partial charge in [-0.15, -0.1) is 0 Å². The van der Waals surface area contributed by atoms with Crippen LogP contribution in [-0.4, -0.2) is 23.8 Å². The lowest BCUT2D eigenvalue weighted by atomic mass is 10.0. The highest BCUT2D eigenvalue weighted by Gasteiger charge is 2.20. The van der Waals surface area contributed by atoms with Crippen molar-refractivity contribution in [3.8, 4) is 0 Å². The molecule has 0 saturated heterocycles. The number of amides is 1. The predicted octanol–water partition coefficient (Wildman–Crippen LogP) is 2.47. The van der Waals surface area contributed by atoms with Crippen molar-refractivity contribution in [3.05, 3.63) is 35.9 Å². The number of nitrogens with one attached hydrogen (secondary N) is 1. The minimum atomic E-state index is -0.493. The van der Waals surface area contributed by atoms with Crippen molar-refractivity contribution in [1.29, 1.82) is 0 Å².